The smallest absolute Gasteiger partial charge is 0.274 e. The number of pyridine rings is 1. The molecule has 3 rings (SSSR count). The average Bonchev–Trinajstić information content (AvgIpc) is 3.24. The fourth-order valence-electron chi connectivity index (χ4n) is 3.39. The molecule has 0 aromatic carbocycles. The zero-order chi connectivity index (χ0) is 17.8. The van der Waals surface area contributed by atoms with Crippen molar-refractivity contribution in [3.63, 3.8) is 0 Å². The Kier molecular flexibility index (Phi) is 5.48. The van der Waals surface area contributed by atoms with Gasteiger partial charge in [-0.15, -0.1) is 0 Å². The highest BCUT2D eigenvalue weighted by molar-refractivity contribution is 5.92. The number of aromatic nitrogens is 3. The van der Waals surface area contributed by atoms with E-state index in [-0.39, 0.29) is 11.9 Å². The van der Waals surface area contributed by atoms with Gasteiger partial charge >= 0.3 is 0 Å². The lowest BCUT2D eigenvalue weighted by atomic mass is 10.1. The van der Waals surface area contributed by atoms with Crippen molar-refractivity contribution in [2.24, 2.45) is 0 Å². The maximum Gasteiger partial charge on any atom is 0.274 e. The van der Waals surface area contributed by atoms with Crippen LogP contribution in [-0.2, 0) is 13.1 Å². The van der Waals surface area contributed by atoms with Gasteiger partial charge in [-0.2, -0.15) is 5.10 Å². The van der Waals surface area contributed by atoms with Gasteiger partial charge in [-0.3, -0.25) is 14.5 Å². The SMILES string of the molecule is CCCn1ccc(C(=O)N2CCC[C@@H]2c2ccc(CN(C)C)cn2)n1. The third-order valence-corrected chi connectivity index (χ3v) is 4.51. The molecule has 0 saturated carbocycles. The largest absolute Gasteiger partial charge is 0.329 e. The van der Waals surface area contributed by atoms with Crippen molar-refractivity contribution in [2.75, 3.05) is 20.6 Å². The number of carbonyl (C=O) groups is 1. The van der Waals surface area contributed by atoms with E-state index in [1.807, 2.05) is 42.1 Å². The van der Waals surface area contributed by atoms with Crippen molar-refractivity contribution in [2.45, 2.75) is 45.3 Å². The first kappa shape index (κ1) is 17.6. The first-order chi connectivity index (χ1) is 12.1. The number of amides is 1. The summed E-state index contributed by atoms with van der Waals surface area (Å²) in [6, 6.07) is 6.04. The summed E-state index contributed by atoms with van der Waals surface area (Å²) >= 11 is 0. The molecule has 1 aliphatic rings. The molecule has 2 aromatic rings. The van der Waals surface area contributed by atoms with E-state index >= 15 is 0 Å². The van der Waals surface area contributed by atoms with Crippen molar-refractivity contribution < 1.29 is 4.79 Å². The Morgan fingerprint density at radius 1 is 1.32 bits per heavy atom. The third-order valence-electron chi connectivity index (χ3n) is 4.51. The number of carbonyl (C=O) groups excluding carboxylic acids is 1. The second-order valence-electron chi connectivity index (χ2n) is 6.95. The van der Waals surface area contributed by atoms with Crippen molar-refractivity contribution in [1.82, 2.24) is 24.6 Å². The monoisotopic (exact) mass is 341 g/mol. The molecule has 0 spiro atoms. The molecule has 6 nitrogen and oxygen atoms in total. The fraction of sp³-hybridized carbons (Fsp3) is 0.526. The van der Waals surface area contributed by atoms with Gasteiger partial charge in [0.1, 0.15) is 5.69 Å². The van der Waals surface area contributed by atoms with Gasteiger partial charge in [0.2, 0.25) is 0 Å². The minimum Gasteiger partial charge on any atom is -0.329 e. The maximum atomic E-state index is 12.9. The summed E-state index contributed by atoms with van der Waals surface area (Å²) in [5.41, 5.74) is 2.69. The van der Waals surface area contributed by atoms with Crippen LogP contribution in [0.4, 0.5) is 0 Å². The highest BCUT2D eigenvalue weighted by atomic mass is 16.2. The Bertz CT molecular complexity index is 707. The van der Waals surface area contributed by atoms with E-state index in [2.05, 4.69) is 34.0 Å². The summed E-state index contributed by atoms with van der Waals surface area (Å²) in [6.45, 7) is 4.58. The quantitative estimate of drug-likeness (QED) is 0.811. The summed E-state index contributed by atoms with van der Waals surface area (Å²) in [5, 5.41) is 4.42. The summed E-state index contributed by atoms with van der Waals surface area (Å²) in [6.07, 6.45) is 6.78. The Morgan fingerprint density at radius 2 is 2.16 bits per heavy atom. The zero-order valence-corrected chi connectivity index (χ0v) is 15.4. The lowest BCUT2D eigenvalue weighted by Crippen LogP contribution is -2.31. The van der Waals surface area contributed by atoms with Crippen molar-refractivity contribution in [3.8, 4) is 0 Å². The van der Waals surface area contributed by atoms with Crippen LogP contribution in [0, 0.1) is 0 Å². The van der Waals surface area contributed by atoms with Crippen LogP contribution in [0.15, 0.2) is 30.6 Å². The number of hydrogen-bond donors (Lipinski definition) is 0. The molecule has 0 N–H and O–H groups in total. The highest BCUT2D eigenvalue weighted by Crippen LogP contribution is 2.31. The molecule has 25 heavy (non-hydrogen) atoms. The van der Waals surface area contributed by atoms with E-state index in [4.69, 9.17) is 0 Å². The van der Waals surface area contributed by atoms with E-state index in [1.165, 1.54) is 5.56 Å². The zero-order valence-electron chi connectivity index (χ0n) is 15.4. The number of aryl methyl sites for hydroxylation is 1. The molecular weight excluding hydrogens is 314 g/mol. The molecule has 3 heterocycles. The van der Waals surface area contributed by atoms with Gasteiger partial charge < -0.3 is 9.80 Å². The molecule has 0 aliphatic carbocycles. The Hall–Kier alpha value is -2.21. The first-order valence-electron chi connectivity index (χ1n) is 9.02. The molecule has 0 unspecified atom stereocenters. The lowest BCUT2D eigenvalue weighted by molar-refractivity contribution is 0.0726. The summed E-state index contributed by atoms with van der Waals surface area (Å²) in [7, 11) is 4.09. The van der Waals surface area contributed by atoms with E-state index in [0.717, 1.165) is 44.6 Å². The van der Waals surface area contributed by atoms with Gasteiger partial charge in [-0.25, -0.2) is 0 Å². The minimum absolute atomic E-state index is 0.0107. The molecule has 0 bridgehead atoms. The molecular formula is C19H27N5O. The Labute approximate surface area is 149 Å². The summed E-state index contributed by atoms with van der Waals surface area (Å²) in [4.78, 5) is 21.5. The molecule has 134 valence electrons. The van der Waals surface area contributed by atoms with E-state index in [1.54, 1.807) is 0 Å². The number of hydrogen-bond acceptors (Lipinski definition) is 4. The highest BCUT2D eigenvalue weighted by Gasteiger charge is 2.32. The molecule has 1 saturated heterocycles. The second-order valence-corrected chi connectivity index (χ2v) is 6.95. The summed E-state index contributed by atoms with van der Waals surface area (Å²) < 4.78 is 1.84. The lowest BCUT2D eigenvalue weighted by Gasteiger charge is -2.23. The fourth-order valence-corrected chi connectivity index (χ4v) is 3.39. The Morgan fingerprint density at radius 3 is 2.84 bits per heavy atom. The molecule has 1 atom stereocenters. The van der Waals surface area contributed by atoms with Crippen LogP contribution in [0.3, 0.4) is 0 Å². The van der Waals surface area contributed by atoms with Crippen LogP contribution in [-0.4, -0.2) is 51.1 Å². The molecule has 1 fully saturated rings. The van der Waals surface area contributed by atoms with Crippen LogP contribution >= 0.6 is 0 Å². The topological polar surface area (TPSA) is 54.3 Å². The molecule has 2 aromatic heterocycles. The first-order valence-corrected chi connectivity index (χ1v) is 9.02. The van der Waals surface area contributed by atoms with Crippen molar-refractivity contribution in [3.05, 3.63) is 47.5 Å². The van der Waals surface area contributed by atoms with Gasteiger partial charge in [0.15, 0.2) is 0 Å². The van der Waals surface area contributed by atoms with Crippen LogP contribution in [0.5, 0.6) is 0 Å². The number of likely N-dealkylation sites (tertiary alicyclic amines) is 1. The van der Waals surface area contributed by atoms with Gasteiger partial charge in [-0.05, 0) is 51.1 Å². The third kappa shape index (κ3) is 4.07. The predicted octanol–water partition coefficient (Wildman–Crippen LogP) is 2.73. The average molecular weight is 341 g/mol. The minimum atomic E-state index is 0.0107. The van der Waals surface area contributed by atoms with Gasteiger partial charge in [0, 0.05) is 32.0 Å². The van der Waals surface area contributed by atoms with Gasteiger partial charge in [-0.1, -0.05) is 13.0 Å². The standard InChI is InChI=1S/C19H27N5O/c1-4-10-23-12-9-17(21-23)19(25)24-11-5-6-18(24)16-8-7-15(13-20-16)14-22(2)3/h7-9,12-13,18H,4-6,10-11,14H2,1-3H3/t18-/m1/s1. The van der Waals surface area contributed by atoms with Crippen LogP contribution in [0.1, 0.15) is 54.0 Å². The van der Waals surface area contributed by atoms with Gasteiger partial charge in [0.25, 0.3) is 5.91 Å². The van der Waals surface area contributed by atoms with Gasteiger partial charge in [0.05, 0.1) is 11.7 Å². The normalized spacial score (nSPS) is 17.4. The summed E-state index contributed by atoms with van der Waals surface area (Å²) in [5.74, 6) is 0.0107. The predicted molar refractivity (Wildman–Crippen MR) is 97.2 cm³/mol. The maximum absolute atomic E-state index is 12.9. The molecule has 0 radical (unpaired) electrons. The second kappa shape index (κ2) is 7.78. The van der Waals surface area contributed by atoms with E-state index < -0.39 is 0 Å². The van der Waals surface area contributed by atoms with Crippen LogP contribution in [0.25, 0.3) is 0 Å². The molecule has 6 heteroatoms. The van der Waals surface area contributed by atoms with Crippen LogP contribution < -0.4 is 0 Å². The van der Waals surface area contributed by atoms with Crippen LogP contribution in [0.2, 0.25) is 0 Å². The number of rotatable bonds is 6. The van der Waals surface area contributed by atoms with Crippen molar-refractivity contribution >= 4 is 5.91 Å². The van der Waals surface area contributed by atoms with Crippen molar-refractivity contribution in [1.29, 1.82) is 0 Å². The van der Waals surface area contributed by atoms with E-state index in [0.29, 0.717) is 5.69 Å². The Balaban J connectivity index is 1.74. The molecule has 1 amide bonds. The van der Waals surface area contributed by atoms with E-state index in [9.17, 15) is 4.79 Å². The molecule has 1 aliphatic heterocycles. The number of nitrogens with zero attached hydrogens (tertiary/aromatic N) is 5.